The summed E-state index contributed by atoms with van der Waals surface area (Å²) in [5.41, 5.74) is 3.71. The van der Waals surface area contributed by atoms with Gasteiger partial charge in [-0.05, 0) is 82.4 Å². The van der Waals surface area contributed by atoms with Crippen LogP contribution in [0.5, 0.6) is 0 Å². The lowest BCUT2D eigenvalue weighted by Gasteiger charge is -2.30. The Morgan fingerprint density at radius 1 is 1.05 bits per heavy atom. The van der Waals surface area contributed by atoms with Gasteiger partial charge in [0.25, 0.3) is 0 Å². The van der Waals surface area contributed by atoms with Gasteiger partial charge in [-0.2, -0.15) is 0 Å². The first kappa shape index (κ1) is 27.5. The zero-order valence-corrected chi connectivity index (χ0v) is 22.8. The Morgan fingerprint density at radius 2 is 1.78 bits per heavy atom. The Labute approximate surface area is 222 Å². The molecule has 1 unspecified atom stereocenters. The molecule has 2 N–H and O–H groups in total. The molecule has 0 bridgehead atoms. The lowest BCUT2D eigenvalue weighted by atomic mass is 9.91. The number of carbonyl (C=O) groups excluding carboxylic acids is 1. The minimum atomic E-state index is -0.516. The third kappa shape index (κ3) is 8.77. The van der Waals surface area contributed by atoms with Crippen molar-refractivity contribution in [3.05, 3.63) is 71.1 Å². The van der Waals surface area contributed by atoms with Crippen LogP contribution in [0.1, 0.15) is 80.9 Å². The summed E-state index contributed by atoms with van der Waals surface area (Å²) in [6, 6.07) is 16.1. The Balaban J connectivity index is 1.18. The second-order valence-electron chi connectivity index (χ2n) is 11.5. The highest BCUT2D eigenvalue weighted by atomic mass is 16.6. The molecule has 0 amide bonds. The summed E-state index contributed by atoms with van der Waals surface area (Å²) in [7, 11) is 1.78. The summed E-state index contributed by atoms with van der Waals surface area (Å²) in [4.78, 5) is 16.5. The Kier molecular flexibility index (Phi) is 9.52. The molecular weight excluding hydrogens is 462 g/mol. The first-order valence-corrected chi connectivity index (χ1v) is 13.7. The molecule has 0 aliphatic heterocycles. The van der Waals surface area contributed by atoms with Crippen molar-refractivity contribution in [2.75, 3.05) is 13.7 Å². The van der Waals surface area contributed by atoms with Crippen molar-refractivity contribution in [1.29, 1.82) is 0 Å². The fourth-order valence-electron chi connectivity index (χ4n) is 5.15. The molecular formula is C31H43N3O3. The standard InChI is InChI=1S/C31H43N3O3/c1-31(2,3)37-30(35)28-15-10-23(21-33-28)20-32-25-11-13-26(14-12-25)34-29-19-27(29)24(16-17-36-4)18-22-8-6-5-7-9-22/h5-10,15,18,21,25-27,29,32,34H,11-14,16-17,19-20H2,1-4H3/t25?,26?,27?,29-/m0/s1. The van der Waals surface area contributed by atoms with Gasteiger partial charge in [0.2, 0.25) is 0 Å². The molecule has 6 nitrogen and oxygen atoms in total. The van der Waals surface area contributed by atoms with Gasteiger partial charge in [-0.25, -0.2) is 9.78 Å². The minimum absolute atomic E-state index is 0.354. The van der Waals surface area contributed by atoms with E-state index in [2.05, 4.69) is 52.0 Å². The molecule has 4 rings (SSSR count). The number of carbonyl (C=O) groups is 1. The Bertz CT molecular complexity index is 1020. The predicted molar refractivity (Wildman–Crippen MR) is 148 cm³/mol. The van der Waals surface area contributed by atoms with Crippen molar-refractivity contribution in [2.24, 2.45) is 5.92 Å². The Morgan fingerprint density at radius 3 is 2.43 bits per heavy atom. The first-order valence-electron chi connectivity index (χ1n) is 13.7. The molecule has 1 heterocycles. The van der Waals surface area contributed by atoms with Crippen LogP contribution in [0.15, 0.2) is 54.2 Å². The van der Waals surface area contributed by atoms with Crippen LogP contribution in [-0.4, -0.2) is 48.4 Å². The molecule has 2 aliphatic rings. The van der Waals surface area contributed by atoms with Crippen molar-refractivity contribution in [1.82, 2.24) is 15.6 Å². The number of esters is 1. The molecule has 200 valence electrons. The number of nitrogens with zero attached hydrogens (tertiary/aromatic N) is 1. The van der Waals surface area contributed by atoms with E-state index in [0.29, 0.717) is 29.7 Å². The fraction of sp³-hybridized carbons (Fsp3) is 0.548. The maximum absolute atomic E-state index is 12.2. The summed E-state index contributed by atoms with van der Waals surface area (Å²) in [5, 5.41) is 7.63. The molecule has 2 saturated carbocycles. The molecule has 37 heavy (non-hydrogen) atoms. The normalized spacial score (nSPS) is 24.1. The van der Waals surface area contributed by atoms with E-state index in [1.54, 1.807) is 19.4 Å². The van der Waals surface area contributed by atoms with E-state index in [1.165, 1.54) is 43.2 Å². The molecule has 1 aromatic carbocycles. The van der Waals surface area contributed by atoms with Crippen molar-refractivity contribution in [2.45, 2.75) is 89.6 Å². The van der Waals surface area contributed by atoms with Crippen LogP contribution in [0.3, 0.4) is 0 Å². The van der Waals surface area contributed by atoms with Crippen LogP contribution >= 0.6 is 0 Å². The van der Waals surface area contributed by atoms with E-state index < -0.39 is 5.60 Å². The molecule has 6 heteroatoms. The van der Waals surface area contributed by atoms with Crippen LogP contribution < -0.4 is 10.6 Å². The van der Waals surface area contributed by atoms with Gasteiger partial charge in [0, 0.05) is 44.6 Å². The molecule has 2 aromatic rings. The number of methoxy groups -OCH3 is 1. The number of nitrogens with one attached hydrogen (secondary N) is 2. The van der Waals surface area contributed by atoms with E-state index in [9.17, 15) is 4.79 Å². The monoisotopic (exact) mass is 505 g/mol. The predicted octanol–water partition coefficient (Wildman–Crippen LogP) is 5.54. The average Bonchev–Trinajstić information content (AvgIpc) is 3.65. The third-order valence-electron chi connectivity index (χ3n) is 7.22. The highest BCUT2D eigenvalue weighted by Gasteiger charge is 2.40. The maximum atomic E-state index is 12.2. The molecule has 2 atom stereocenters. The van der Waals surface area contributed by atoms with E-state index in [4.69, 9.17) is 9.47 Å². The first-order chi connectivity index (χ1) is 17.8. The van der Waals surface area contributed by atoms with Crippen molar-refractivity contribution in [3.8, 4) is 0 Å². The van der Waals surface area contributed by atoms with Gasteiger partial charge in [-0.1, -0.05) is 48.0 Å². The van der Waals surface area contributed by atoms with Gasteiger partial charge in [0.15, 0.2) is 0 Å². The topological polar surface area (TPSA) is 72.5 Å². The average molecular weight is 506 g/mol. The van der Waals surface area contributed by atoms with E-state index in [1.807, 2.05) is 26.8 Å². The minimum Gasteiger partial charge on any atom is -0.455 e. The van der Waals surface area contributed by atoms with Gasteiger partial charge in [-0.15, -0.1) is 0 Å². The summed E-state index contributed by atoms with van der Waals surface area (Å²) >= 11 is 0. The number of hydrogen-bond acceptors (Lipinski definition) is 6. The third-order valence-corrected chi connectivity index (χ3v) is 7.22. The van der Waals surface area contributed by atoms with E-state index in [-0.39, 0.29) is 5.97 Å². The van der Waals surface area contributed by atoms with Crippen molar-refractivity contribution >= 4 is 12.0 Å². The molecule has 1 aromatic heterocycles. The zero-order valence-electron chi connectivity index (χ0n) is 22.8. The molecule has 0 radical (unpaired) electrons. The summed E-state index contributed by atoms with van der Waals surface area (Å²) < 4.78 is 10.8. The van der Waals surface area contributed by atoms with E-state index >= 15 is 0 Å². The summed E-state index contributed by atoms with van der Waals surface area (Å²) in [5.74, 6) is 0.250. The van der Waals surface area contributed by atoms with Gasteiger partial charge >= 0.3 is 5.97 Å². The number of benzene rings is 1. The van der Waals surface area contributed by atoms with Crippen LogP contribution in [-0.2, 0) is 16.0 Å². The summed E-state index contributed by atoms with van der Waals surface area (Å²) in [6.45, 7) is 7.12. The number of hydrogen-bond donors (Lipinski definition) is 2. The van der Waals surface area contributed by atoms with Crippen LogP contribution in [0, 0.1) is 5.92 Å². The SMILES string of the molecule is COCCC(=Cc1ccccc1)C1C[C@@H]1NC1CCC(NCc2ccc(C(=O)OC(C)(C)C)nc2)CC1. The fourth-order valence-corrected chi connectivity index (χ4v) is 5.15. The molecule has 2 fully saturated rings. The second kappa shape index (κ2) is 12.8. The molecule has 2 aliphatic carbocycles. The second-order valence-corrected chi connectivity index (χ2v) is 11.5. The van der Waals surface area contributed by atoms with Gasteiger partial charge in [0.05, 0.1) is 0 Å². The quantitative estimate of drug-likeness (QED) is 0.391. The van der Waals surface area contributed by atoms with Crippen molar-refractivity contribution in [3.63, 3.8) is 0 Å². The number of rotatable bonds is 11. The number of ether oxygens (including phenoxy) is 2. The van der Waals surface area contributed by atoms with Crippen molar-refractivity contribution < 1.29 is 14.3 Å². The van der Waals surface area contributed by atoms with Crippen LogP contribution in [0.4, 0.5) is 0 Å². The zero-order chi connectivity index (χ0) is 26.3. The van der Waals surface area contributed by atoms with Crippen LogP contribution in [0.25, 0.3) is 6.08 Å². The largest absolute Gasteiger partial charge is 0.455 e. The smallest absolute Gasteiger partial charge is 0.357 e. The molecule has 0 spiro atoms. The number of aromatic nitrogens is 1. The van der Waals surface area contributed by atoms with Gasteiger partial charge in [-0.3, -0.25) is 0 Å². The lowest BCUT2D eigenvalue weighted by Crippen LogP contribution is -2.40. The lowest BCUT2D eigenvalue weighted by molar-refractivity contribution is 0.00628. The number of pyridine rings is 1. The summed E-state index contributed by atoms with van der Waals surface area (Å²) in [6.07, 6.45) is 11.1. The van der Waals surface area contributed by atoms with E-state index in [0.717, 1.165) is 25.1 Å². The van der Waals surface area contributed by atoms with Gasteiger partial charge in [0.1, 0.15) is 11.3 Å². The van der Waals surface area contributed by atoms with Crippen LogP contribution in [0.2, 0.25) is 0 Å². The highest BCUT2D eigenvalue weighted by molar-refractivity contribution is 5.87. The molecule has 0 saturated heterocycles. The van der Waals surface area contributed by atoms with Gasteiger partial charge < -0.3 is 20.1 Å². The highest BCUT2D eigenvalue weighted by Crippen LogP contribution is 2.41. The maximum Gasteiger partial charge on any atom is 0.357 e. The Hall–Kier alpha value is -2.54.